The van der Waals surface area contributed by atoms with E-state index < -0.39 is 0 Å². The highest BCUT2D eigenvalue weighted by Crippen LogP contribution is 2.34. The molecule has 1 N–H and O–H groups in total. The molecule has 0 unspecified atom stereocenters. The van der Waals surface area contributed by atoms with Crippen LogP contribution in [-0.2, 0) is 6.54 Å². The van der Waals surface area contributed by atoms with Gasteiger partial charge in [-0.05, 0) is 44.1 Å². The van der Waals surface area contributed by atoms with Crippen LogP contribution in [0.5, 0.6) is 11.5 Å². The van der Waals surface area contributed by atoms with E-state index in [1.807, 2.05) is 30.3 Å². The molecule has 1 aliphatic heterocycles. The van der Waals surface area contributed by atoms with Crippen molar-refractivity contribution in [3.05, 3.63) is 82.9 Å². The van der Waals surface area contributed by atoms with Crippen LogP contribution in [0.15, 0.2) is 66.1 Å². The Labute approximate surface area is 187 Å². The second-order valence-electron chi connectivity index (χ2n) is 7.83. The molecule has 7 heteroatoms. The third-order valence-corrected chi connectivity index (χ3v) is 5.69. The standard InChI is InChI=1S/C25H28N4O3/c1-3-15-32-24-19(7-6-9-22(24)31-2)17-29-13-10-18(11-14-29)21-16-23(30)28-25(27-21)20-8-4-5-12-26-20/h3-9,12,16,18H,1,10-11,13-15,17H2,2H3,(H,27,28,30). The maximum atomic E-state index is 12.3. The summed E-state index contributed by atoms with van der Waals surface area (Å²) in [6.45, 7) is 6.77. The number of nitrogens with zero attached hydrogens (tertiary/aromatic N) is 3. The molecule has 0 bridgehead atoms. The zero-order valence-corrected chi connectivity index (χ0v) is 18.3. The number of methoxy groups -OCH3 is 1. The number of pyridine rings is 1. The number of ether oxygens (including phenoxy) is 2. The molecule has 4 rings (SSSR count). The van der Waals surface area contributed by atoms with Gasteiger partial charge in [-0.2, -0.15) is 0 Å². The molecule has 1 aromatic carbocycles. The largest absolute Gasteiger partial charge is 0.493 e. The number of piperidine rings is 1. The van der Waals surface area contributed by atoms with E-state index >= 15 is 0 Å². The van der Waals surface area contributed by atoms with Crippen LogP contribution >= 0.6 is 0 Å². The Morgan fingerprint density at radius 1 is 1.22 bits per heavy atom. The van der Waals surface area contributed by atoms with E-state index in [9.17, 15) is 4.79 Å². The molecule has 3 aromatic rings. The first-order valence-electron chi connectivity index (χ1n) is 10.8. The highest BCUT2D eigenvalue weighted by Gasteiger charge is 2.24. The van der Waals surface area contributed by atoms with Crippen molar-refractivity contribution in [3.8, 4) is 23.0 Å². The number of H-pyrrole nitrogens is 1. The highest BCUT2D eigenvalue weighted by atomic mass is 16.5. The smallest absolute Gasteiger partial charge is 0.251 e. The second-order valence-corrected chi connectivity index (χ2v) is 7.83. The summed E-state index contributed by atoms with van der Waals surface area (Å²) in [6, 6.07) is 13.2. The van der Waals surface area contributed by atoms with Crippen molar-refractivity contribution in [2.75, 3.05) is 26.8 Å². The predicted octanol–water partition coefficient (Wildman–Crippen LogP) is 3.78. The van der Waals surface area contributed by atoms with Crippen molar-refractivity contribution in [2.24, 2.45) is 0 Å². The minimum absolute atomic E-state index is 0.140. The van der Waals surface area contributed by atoms with Crippen LogP contribution in [0, 0.1) is 0 Å². The molecule has 32 heavy (non-hydrogen) atoms. The molecule has 0 aliphatic carbocycles. The number of hydrogen-bond acceptors (Lipinski definition) is 6. The van der Waals surface area contributed by atoms with Crippen molar-refractivity contribution in [1.82, 2.24) is 19.9 Å². The maximum absolute atomic E-state index is 12.3. The molecular formula is C25H28N4O3. The van der Waals surface area contributed by atoms with Crippen LogP contribution in [0.1, 0.15) is 30.0 Å². The summed E-state index contributed by atoms with van der Waals surface area (Å²) in [7, 11) is 1.65. The summed E-state index contributed by atoms with van der Waals surface area (Å²) in [5.74, 6) is 2.27. The number of aromatic nitrogens is 3. The van der Waals surface area contributed by atoms with Gasteiger partial charge in [0.15, 0.2) is 17.3 Å². The predicted molar refractivity (Wildman–Crippen MR) is 124 cm³/mol. The Balaban J connectivity index is 1.45. The lowest BCUT2D eigenvalue weighted by molar-refractivity contribution is 0.199. The SMILES string of the molecule is C=CCOc1c(CN2CCC(c3cc(=O)[nH]c(-c4ccccn4)n3)CC2)cccc1OC. The molecule has 0 atom stereocenters. The van der Waals surface area contributed by atoms with Gasteiger partial charge in [0.25, 0.3) is 5.56 Å². The van der Waals surface area contributed by atoms with E-state index in [1.54, 1.807) is 25.4 Å². The zero-order valence-electron chi connectivity index (χ0n) is 18.3. The Hall–Kier alpha value is -3.45. The molecule has 1 fully saturated rings. The Bertz CT molecular complexity index is 1110. The van der Waals surface area contributed by atoms with E-state index in [0.29, 0.717) is 18.1 Å². The van der Waals surface area contributed by atoms with Gasteiger partial charge in [0.1, 0.15) is 12.3 Å². The van der Waals surface area contributed by atoms with Crippen molar-refractivity contribution in [3.63, 3.8) is 0 Å². The lowest BCUT2D eigenvalue weighted by Crippen LogP contribution is -2.33. The molecular weight excluding hydrogens is 404 g/mol. The molecule has 166 valence electrons. The average Bonchev–Trinajstić information content (AvgIpc) is 2.83. The number of aromatic amines is 1. The third-order valence-electron chi connectivity index (χ3n) is 5.69. The van der Waals surface area contributed by atoms with Crippen LogP contribution in [0.25, 0.3) is 11.5 Å². The highest BCUT2D eigenvalue weighted by molar-refractivity contribution is 5.48. The van der Waals surface area contributed by atoms with Crippen molar-refractivity contribution < 1.29 is 9.47 Å². The Kier molecular flexibility index (Phi) is 6.97. The molecule has 0 spiro atoms. The van der Waals surface area contributed by atoms with Gasteiger partial charge in [-0.3, -0.25) is 14.7 Å². The topological polar surface area (TPSA) is 80.3 Å². The Morgan fingerprint density at radius 3 is 2.78 bits per heavy atom. The molecule has 2 aromatic heterocycles. The van der Waals surface area contributed by atoms with Crippen molar-refractivity contribution in [2.45, 2.75) is 25.3 Å². The van der Waals surface area contributed by atoms with E-state index in [1.165, 1.54) is 0 Å². The van der Waals surface area contributed by atoms with E-state index in [2.05, 4.69) is 27.5 Å². The van der Waals surface area contributed by atoms with Crippen LogP contribution in [0.3, 0.4) is 0 Å². The fourth-order valence-electron chi connectivity index (χ4n) is 4.09. The first kappa shape index (κ1) is 21.8. The maximum Gasteiger partial charge on any atom is 0.251 e. The monoisotopic (exact) mass is 432 g/mol. The van der Waals surface area contributed by atoms with E-state index in [0.717, 1.165) is 55.2 Å². The van der Waals surface area contributed by atoms with E-state index in [4.69, 9.17) is 14.5 Å². The first-order valence-corrected chi connectivity index (χ1v) is 10.8. The van der Waals surface area contributed by atoms with Gasteiger partial charge < -0.3 is 14.5 Å². The average molecular weight is 433 g/mol. The van der Waals surface area contributed by atoms with E-state index in [-0.39, 0.29) is 11.5 Å². The van der Waals surface area contributed by atoms with Crippen LogP contribution in [0.4, 0.5) is 0 Å². The molecule has 3 heterocycles. The summed E-state index contributed by atoms with van der Waals surface area (Å²) in [5.41, 5.74) is 2.47. The summed E-state index contributed by atoms with van der Waals surface area (Å²) in [6.07, 6.45) is 5.30. The zero-order chi connectivity index (χ0) is 22.3. The number of rotatable bonds is 8. The summed E-state index contributed by atoms with van der Waals surface area (Å²) in [4.78, 5) is 26.5. The van der Waals surface area contributed by atoms with Gasteiger partial charge in [-0.1, -0.05) is 30.9 Å². The number of likely N-dealkylation sites (tertiary alicyclic amines) is 1. The van der Waals surface area contributed by atoms with Gasteiger partial charge >= 0.3 is 0 Å². The summed E-state index contributed by atoms with van der Waals surface area (Å²) >= 11 is 0. The minimum atomic E-state index is -0.140. The summed E-state index contributed by atoms with van der Waals surface area (Å²) < 4.78 is 11.4. The quantitative estimate of drug-likeness (QED) is 0.546. The van der Waals surface area contributed by atoms with Gasteiger partial charge in [-0.15, -0.1) is 0 Å². The van der Waals surface area contributed by atoms with Crippen molar-refractivity contribution >= 4 is 0 Å². The molecule has 1 aliphatic rings. The summed E-state index contributed by atoms with van der Waals surface area (Å²) in [5, 5.41) is 0. The molecule has 0 amide bonds. The third kappa shape index (κ3) is 5.06. The van der Waals surface area contributed by atoms with Crippen LogP contribution in [0.2, 0.25) is 0 Å². The fraction of sp³-hybridized carbons (Fsp3) is 0.320. The normalized spacial score (nSPS) is 14.8. The second kappa shape index (κ2) is 10.2. The minimum Gasteiger partial charge on any atom is -0.493 e. The van der Waals surface area contributed by atoms with Crippen LogP contribution < -0.4 is 15.0 Å². The van der Waals surface area contributed by atoms with Gasteiger partial charge in [0.05, 0.1) is 12.8 Å². The van der Waals surface area contributed by atoms with Crippen LogP contribution in [-0.4, -0.2) is 46.7 Å². The molecule has 1 saturated heterocycles. The van der Waals surface area contributed by atoms with Gasteiger partial charge in [-0.25, -0.2) is 4.98 Å². The number of benzene rings is 1. The lowest BCUT2D eigenvalue weighted by Gasteiger charge is -2.32. The van der Waals surface area contributed by atoms with Gasteiger partial charge in [0.2, 0.25) is 0 Å². The molecule has 0 saturated carbocycles. The molecule has 0 radical (unpaired) electrons. The Morgan fingerprint density at radius 2 is 2.06 bits per heavy atom. The molecule has 7 nitrogen and oxygen atoms in total. The number of nitrogens with one attached hydrogen (secondary N) is 1. The number of para-hydroxylation sites is 1. The lowest BCUT2D eigenvalue weighted by atomic mass is 9.93. The van der Waals surface area contributed by atoms with Crippen molar-refractivity contribution in [1.29, 1.82) is 0 Å². The van der Waals surface area contributed by atoms with Gasteiger partial charge in [0, 0.05) is 30.3 Å². The first-order chi connectivity index (χ1) is 15.7. The fourth-order valence-corrected chi connectivity index (χ4v) is 4.09. The number of hydrogen-bond donors (Lipinski definition) is 1.